The van der Waals surface area contributed by atoms with Crippen LogP contribution in [-0.2, 0) is 0 Å². The van der Waals surface area contributed by atoms with Gasteiger partial charge in [0.1, 0.15) is 12.0 Å². The van der Waals surface area contributed by atoms with Crippen LogP contribution in [0, 0.1) is 0 Å². The molecule has 0 spiro atoms. The summed E-state index contributed by atoms with van der Waals surface area (Å²) >= 11 is 6.29. The van der Waals surface area contributed by atoms with Gasteiger partial charge in [-0.15, -0.1) is 0 Å². The van der Waals surface area contributed by atoms with E-state index in [4.69, 9.17) is 11.6 Å². The van der Waals surface area contributed by atoms with Crippen LogP contribution in [0.4, 0.5) is 0 Å². The van der Waals surface area contributed by atoms with E-state index in [9.17, 15) is 4.79 Å². The Bertz CT molecular complexity index is 1070. The van der Waals surface area contributed by atoms with Crippen molar-refractivity contribution in [1.82, 2.24) is 25.1 Å². The van der Waals surface area contributed by atoms with E-state index in [2.05, 4.69) is 29.6 Å². The number of H-pyrrole nitrogens is 1. The lowest BCUT2D eigenvalue weighted by Crippen LogP contribution is -1.96. The van der Waals surface area contributed by atoms with Crippen LogP contribution in [0.1, 0.15) is 0 Å². The number of aromatic amines is 1. The number of nitrogens with zero attached hydrogens (tertiary/aromatic N) is 4. The summed E-state index contributed by atoms with van der Waals surface area (Å²) in [5.41, 5.74) is 2.63. The Morgan fingerprint density at radius 3 is 2.78 bits per heavy atom. The number of pyridine rings is 1. The first kappa shape index (κ1) is 13.6. The second-order valence-electron chi connectivity index (χ2n) is 4.77. The third-order valence-corrected chi connectivity index (χ3v) is 3.59. The summed E-state index contributed by atoms with van der Waals surface area (Å²) in [5.74, 6) is -0.396. The number of rotatable bonds is 2. The predicted molar refractivity (Wildman–Crippen MR) is 83.9 cm³/mol. The molecule has 0 amide bonds. The molecule has 4 aromatic rings. The van der Waals surface area contributed by atoms with Crippen molar-refractivity contribution in [3.63, 3.8) is 0 Å². The molecule has 0 unspecified atom stereocenters. The van der Waals surface area contributed by atoms with Crippen LogP contribution in [0.5, 0.6) is 0 Å². The van der Waals surface area contributed by atoms with Crippen LogP contribution in [0.15, 0.2) is 52.2 Å². The Morgan fingerprint density at radius 2 is 1.96 bits per heavy atom. The Hall–Kier alpha value is -3.06. The highest BCUT2D eigenvalue weighted by atomic mass is 35.5. The highest BCUT2D eigenvalue weighted by Crippen LogP contribution is 2.29. The van der Waals surface area contributed by atoms with Crippen LogP contribution >= 0.6 is 11.6 Å². The topological polar surface area (TPSA) is 97.6 Å². The Balaban J connectivity index is 1.86. The molecule has 0 bridgehead atoms. The molecule has 1 aromatic carbocycles. The number of nitrogens with one attached hydrogen (secondary N) is 1. The number of halogens is 1. The summed E-state index contributed by atoms with van der Waals surface area (Å²) in [6, 6.07) is 9.19. The van der Waals surface area contributed by atoms with E-state index in [0.29, 0.717) is 16.4 Å². The normalized spacial score (nSPS) is 11.0. The van der Waals surface area contributed by atoms with Crippen LogP contribution < -0.4 is 5.76 Å². The zero-order valence-electron chi connectivity index (χ0n) is 11.5. The van der Waals surface area contributed by atoms with Crippen molar-refractivity contribution in [3.05, 3.63) is 58.4 Å². The molecular formula is C15H8ClN5O2. The van der Waals surface area contributed by atoms with Crippen molar-refractivity contribution in [2.75, 3.05) is 0 Å². The molecule has 7 nitrogen and oxygen atoms in total. The largest absolute Gasteiger partial charge is 0.439 e. The van der Waals surface area contributed by atoms with Gasteiger partial charge in [0.05, 0.1) is 16.2 Å². The zero-order chi connectivity index (χ0) is 15.8. The van der Waals surface area contributed by atoms with E-state index in [-0.39, 0.29) is 5.82 Å². The van der Waals surface area contributed by atoms with Crippen molar-refractivity contribution in [3.8, 4) is 22.8 Å². The highest BCUT2D eigenvalue weighted by molar-refractivity contribution is 6.35. The van der Waals surface area contributed by atoms with Gasteiger partial charge in [0, 0.05) is 17.1 Å². The van der Waals surface area contributed by atoms with E-state index in [1.165, 1.54) is 6.33 Å². The lowest BCUT2D eigenvalue weighted by molar-refractivity contribution is 0.387. The molecular weight excluding hydrogens is 318 g/mol. The molecule has 112 valence electrons. The van der Waals surface area contributed by atoms with Gasteiger partial charge >= 0.3 is 5.76 Å². The number of hydrogen-bond acceptors (Lipinski definition) is 6. The number of fused-ring (bicyclic) bond motifs is 1. The monoisotopic (exact) mass is 325 g/mol. The summed E-state index contributed by atoms with van der Waals surface area (Å²) in [6.45, 7) is 0. The molecule has 0 radical (unpaired) electrons. The van der Waals surface area contributed by atoms with Gasteiger partial charge in [-0.05, 0) is 24.3 Å². The fourth-order valence-corrected chi connectivity index (χ4v) is 2.56. The first-order valence-electron chi connectivity index (χ1n) is 6.64. The summed E-state index contributed by atoms with van der Waals surface area (Å²) in [6.07, 6.45) is 3.08. The number of aromatic nitrogens is 5. The van der Waals surface area contributed by atoms with Gasteiger partial charge in [0.15, 0.2) is 0 Å². The third-order valence-electron chi connectivity index (χ3n) is 3.30. The van der Waals surface area contributed by atoms with Gasteiger partial charge in [-0.25, -0.2) is 14.8 Å². The molecule has 0 saturated heterocycles. The number of hydrogen-bond donors (Lipinski definition) is 1. The minimum atomic E-state index is -0.639. The van der Waals surface area contributed by atoms with Crippen molar-refractivity contribution >= 4 is 22.5 Å². The van der Waals surface area contributed by atoms with Crippen LogP contribution in [0.25, 0.3) is 33.7 Å². The van der Waals surface area contributed by atoms with E-state index in [1.54, 1.807) is 18.3 Å². The van der Waals surface area contributed by atoms with Gasteiger partial charge in [-0.2, -0.15) is 0 Å². The van der Waals surface area contributed by atoms with E-state index in [0.717, 1.165) is 16.5 Å². The molecule has 0 fully saturated rings. The average molecular weight is 326 g/mol. The third kappa shape index (κ3) is 2.47. The van der Waals surface area contributed by atoms with Gasteiger partial charge in [0.2, 0.25) is 5.82 Å². The van der Waals surface area contributed by atoms with Gasteiger partial charge in [-0.3, -0.25) is 14.5 Å². The summed E-state index contributed by atoms with van der Waals surface area (Å²) in [7, 11) is 0. The molecule has 8 heteroatoms. The van der Waals surface area contributed by atoms with E-state index in [1.807, 2.05) is 18.2 Å². The second kappa shape index (κ2) is 5.29. The molecule has 4 rings (SSSR count). The maximum absolute atomic E-state index is 11.1. The molecule has 23 heavy (non-hydrogen) atoms. The Morgan fingerprint density at radius 1 is 1.09 bits per heavy atom. The molecule has 3 heterocycles. The van der Waals surface area contributed by atoms with Crippen LogP contribution in [-0.4, -0.2) is 25.1 Å². The fourth-order valence-electron chi connectivity index (χ4n) is 2.28. The summed E-state index contributed by atoms with van der Waals surface area (Å²) in [5, 5.41) is 5.06. The average Bonchev–Trinajstić information content (AvgIpc) is 3.01. The van der Waals surface area contributed by atoms with Gasteiger partial charge in [0.25, 0.3) is 0 Å². The standard InChI is InChI=1S/C15H8ClN5O2/c16-10-5-9(4-8-2-1-3-17-13(8)10)11-6-12(19-7-18-11)14-20-15(22)23-21-14/h1-7H,(H,20,21,22). The molecule has 0 aliphatic heterocycles. The van der Waals surface area contributed by atoms with Crippen LogP contribution in [0.3, 0.4) is 0 Å². The molecule has 1 N–H and O–H groups in total. The fraction of sp³-hybridized carbons (Fsp3) is 0. The highest BCUT2D eigenvalue weighted by Gasteiger charge is 2.10. The summed E-state index contributed by atoms with van der Waals surface area (Å²) in [4.78, 5) is 26.1. The van der Waals surface area contributed by atoms with Crippen molar-refractivity contribution in [1.29, 1.82) is 0 Å². The maximum atomic E-state index is 11.1. The van der Waals surface area contributed by atoms with Crippen molar-refractivity contribution in [2.45, 2.75) is 0 Å². The Labute approximate surface area is 134 Å². The lowest BCUT2D eigenvalue weighted by Gasteiger charge is -2.05. The molecule has 0 aliphatic rings. The van der Waals surface area contributed by atoms with Crippen molar-refractivity contribution < 1.29 is 4.52 Å². The van der Waals surface area contributed by atoms with Crippen LogP contribution in [0.2, 0.25) is 5.02 Å². The first-order chi connectivity index (χ1) is 11.2. The zero-order valence-corrected chi connectivity index (χ0v) is 12.3. The Kier molecular flexibility index (Phi) is 3.13. The van der Waals surface area contributed by atoms with Crippen molar-refractivity contribution in [2.24, 2.45) is 0 Å². The van der Waals surface area contributed by atoms with Gasteiger partial charge in [-0.1, -0.05) is 22.8 Å². The summed E-state index contributed by atoms with van der Waals surface area (Å²) < 4.78 is 4.49. The van der Waals surface area contributed by atoms with Gasteiger partial charge < -0.3 is 0 Å². The molecule has 0 aliphatic carbocycles. The molecule has 0 atom stereocenters. The van der Waals surface area contributed by atoms with E-state index < -0.39 is 5.76 Å². The quantitative estimate of drug-likeness (QED) is 0.608. The smallest absolute Gasteiger partial charge is 0.296 e. The second-order valence-corrected chi connectivity index (χ2v) is 5.17. The number of benzene rings is 1. The first-order valence-corrected chi connectivity index (χ1v) is 7.01. The van der Waals surface area contributed by atoms with E-state index >= 15 is 0 Å². The minimum absolute atomic E-state index is 0.243. The lowest BCUT2D eigenvalue weighted by atomic mass is 10.1. The predicted octanol–water partition coefficient (Wildman–Crippen LogP) is 2.69. The molecule has 0 saturated carbocycles. The molecule has 3 aromatic heterocycles. The maximum Gasteiger partial charge on any atom is 0.439 e. The SMILES string of the molecule is O=c1[nH]c(-c2cc(-c3cc(Cl)c4ncccc4c3)ncn2)no1. The minimum Gasteiger partial charge on any atom is -0.296 e.